The molecule has 0 bridgehead atoms. The van der Waals surface area contributed by atoms with Crippen molar-refractivity contribution in [2.75, 3.05) is 0 Å². The van der Waals surface area contributed by atoms with Gasteiger partial charge in [-0.1, -0.05) is 13.8 Å². The van der Waals surface area contributed by atoms with Gasteiger partial charge in [-0.2, -0.15) is 11.2 Å². The lowest BCUT2D eigenvalue weighted by Gasteiger charge is -1.91. The van der Waals surface area contributed by atoms with E-state index >= 15 is 0 Å². The maximum atomic E-state index is 2.22. The smallest absolute Gasteiger partial charge is 0.0697 e. The monoisotopic (exact) mass is 106 g/mol. The van der Waals surface area contributed by atoms with Crippen LogP contribution >= 0.6 is 11.2 Å². The average Bonchev–Trinajstić information content (AvgIpc) is 1.38. The molecule has 0 nitrogen and oxygen atoms in total. The molecule has 0 amide bonds. The van der Waals surface area contributed by atoms with E-state index in [4.69, 9.17) is 0 Å². The lowest BCUT2D eigenvalue weighted by Crippen LogP contribution is -1.80. The first-order valence-electron chi connectivity index (χ1n) is 1.80. The molecule has 0 unspecified atom stereocenters. The molecule has 0 aliphatic carbocycles. The predicted molar refractivity (Wildman–Crippen MR) is 32.7 cm³/mol. The van der Waals surface area contributed by atoms with Gasteiger partial charge in [0.15, 0.2) is 0 Å². The first-order chi connectivity index (χ1) is 2.27. The summed E-state index contributed by atoms with van der Waals surface area (Å²) in [5.74, 6) is 0. The maximum Gasteiger partial charge on any atom is 0.0697 e. The second-order valence-electron chi connectivity index (χ2n) is 1.28. The minimum absolute atomic E-state index is 0.863. The highest BCUT2D eigenvalue weighted by atomic mass is 32.4. The van der Waals surface area contributed by atoms with Crippen LogP contribution in [0.5, 0.6) is 0 Å². The summed E-state index contributed by atoms with van der Waals surface area (Å²) in [6, 6.07) is 0. The van der Waals surface area contributed by atoms with Crippen LogP contribution in [-0.2, 0) is 0 Å². The Morgan fingerprint density at radius 1 is 1.60 bits per heavy atom. The molecule has 0 spiro atoms. The van der Waals surface area contributed by atoms with E-state index in [9.17, 15) is 0 Å². The highest BCUT2D eigenvalue weighted by molar-refractivity contribution is 8.20. The Hall–Kier alpha value is 0.567. The highest BCUT2D eigenvalue weighted by Crippen LogP contribution is 1.98. The Labute approximate surface area is 40.4 Å². The molecule has 0 atom stereocenters. The zero-order chi connectivity index (χ0) is 4.28. The third kappa shape index (κ3) is 4.57. The van der Waals surface area contributed by atoms with Gasteiger partial charge in [0.05, 0.1) is 9.39 Å². The molecule has 2 heteroatoms. The first-order valence-corrected chi connectivity index (χ1v) is 5.54. The van der Waals surface area contributed by atoms with E-state index < -0.39 is 0 Å². The molecule has 32 valence electrons. The number of rotatable bonds is 1. The van der Waals surface area contributed by atoms with Crippen LogP contribution in [0.2, 0.25) is 0 Å². The molecule has 0 saturated heterocycles. The molecule has 0 aromatic rings. The van der Waals surface area contributed by atoms with Crippen LogP contribution in [0.3, 0.4) is 0 Å². The molecule has 0 radical (unpaired) electrons. The fourth-order valence-electron chi connectivity index (χ4n) is 0. The maximum absolute atomic E-state index is 2.22. The summed E-state index contributed by atoms with van der Waals surface area (Å²) < 4.78 is 0. The van der Waals surface area contributed by atoms with Gasteiger partial charge >= 0.3 is 0 Å². The minimum Gasteiger partial charge on any atom is -0.195 e. The quantitative estimate of drug-likeness (QED) is 0.436. The Bertz CT molecular complexity index is 20.9. The van der Waals surface area contributed by atoms with Gasteiger partial charge in [-0.3, -0.25) is 0 Å². The standard InChI is InChI=1S/C3H10SSi/c1-3(2)4-5/h3H,1-2,5H3. The van der Waals surface area contributed by atoms with Gasteiger partial charge in [0, 0.05) is 0 Å². The molecule has 5 heavy (non-hydrogen) atoms. The van der Waals surface area contributed by atoms with Gasteiger partial charge in [0.2, 0.25) is 0 Å². The summed E-state index contributed by atoms with van der Waals surface area (Å²) in [6.07, 6.45) is 0. The van der Waals surface area contributed by atoms with Crippen molar-refractivity contribution in [1.82, 2.24) is 0 Å². The largest absolute Gasteiger partial charge is 0.195 e. The third-order valence-electron chi connectivity index (χ3n) is 0.471. The lowest BCUT2D eigenvalue weighted by molar-refractivity contribution is 1.12. The van der Waals surface area contributed by atoms with Crippen LogP contribution in [0.4, 0.5) is 0 Å². The second kappa shape index (κ2) is 2.79. The van der Waals surface area contributed by atoms with Crippen molar-refractivity contribution in [3.8, 4) is 0 Å². The average molecular weight is 106 g/mol. The summed E-state index contributed by atoms with van der Waals surface area (Å²) in [4.78, 5) is 0. The Morgan fingerprint density at radius 3 is 1.80 bits per heavy atom. The van der Waals surface area contributed by atoms with Gasteiger partial charge in [0.1, 0.15) is 0 Å². The van der Waals surface area contributed by atoms with E-state index in [-0.39, 0.29) is 0 Å². The van der Waals surface area contributed by atoms with Crippen LogP contribution in [0, 0.1) is 0 Å². The summed E-state index contributed by atoms with van der Waals surface area (Å²) in [6.45, 7) is 4.44. The summed E-state index contributed by atoms with van der Waals surface area (Å²) in [7, 11) is 1.29. The third-order valence-corrected chi connectivity index (χ3v) is 4.24. The molecular formula is C3H10SSi. The molecule has 0 rings (SSSR count). The van der Waals surface area contributed by atoms with Gasteiger partial charge in [-0.15, -0.1) is 0 Å². The molecule has 0 saturated carbocycles. The molecule has 0 aromatic heterocycles. The number of hydrogen-bond acceptors (Lipinski definition) is 1. The SMILES string of the molecule is CC(C)S[SiH3]. The molecule has 0 heterocycles. The molecular weight excluding hydrogens is 96.2 g/mol. The van der Waals surface area contributed by atoms with Crippen molar-refractivity contribution in [2.24, 2.45) is 0 Å². The highest BCUT2D eigenvalue weighted by Gasteiger charge is 1.79. The van der Waals surface area contributed by atoms with Gasteiger partial charge < -0.3 is 0 Å². The first kappa shape index (κ1) is 5.57. The Balaban J connectivity index is 2.54. The molecule has 0 aromatic carbocycles. The van der Waals surface area contributed by atoms with E-state index in [1.807, 2.05) is 11.2 Å². The lowest BCUT2D eigenvalue weighted by atomic mass is 10.6. The van der Waals surface area contributed by atoms with E-state index in [0.29, 0.717) is 0 Å². The zero-order valence-corrected chi connectivity index (χ0v) is 6.80. The van der Waals surface area contributed by atoms with Crippen molar-refractivity contribution >= 4 is 20.6 Å². The Morgan fingerprint density at radius 2 is 1.80 bits per heavy atom. The number of hydrogen-bond donors (Lipinski definition) is 0. The van der Waals surface area contributed by atoms with Crippen LogP contribution in [0.25, 0.3) is 0 Å². The van der Waals surface area contributed by atoms with E-state index in [0.717, 1.165) is 5.25 Å². The van der Waals surface area contributed by atoms with Crippen LogP contribution < -0.4 is 0 Å². The minimum atomic E-state index is 0.863. The van der Waals surface area contributed by atoms with E-state index in [1.54, 1.807) is 0 Å². The van der Waals surface area contributed by atoms with Crippen LogP contribution in [-0.4, -0.2) is 14.6 Å². The van der Waals surface area contributed by atoms with Crippen molar-refractivity contribution < 1.29 is 0 Å². The topological polar surface area (TPSA) is 0 Å². The van der Waals surface area contributed by atoms with Crippen molar-refractivity contribution in [3.63, 3.8) is 0 Å². The summed E-state index contributed by atoms with van der Waals surface area (Å²) in [5, 5.41) is 0.863. The van der Waals surface area contributed by atoms with E-state index in [2.05, 4.69) is 13.8 Å². The molecule has 0 N–H and O–H groups in total. The fraction of sp³-hybridized carbons (Fsp3) is 1.00. The van der Waals surface area contributed by atoms with Gasteiger partial charge in [0.25, 0.3) is 0 Å². The van der Waals surface area contributed by atoms with E-state index in [1.165, 1.54) is 9.39 Å². The Kier molecular flexibility index (Phi) is 3.10. The summed E-state index contributed by atoms with van der Waals surface area (Å²) in [5.41, 5.74) is 0. The van der Waals surface area contributed by atoms with Crippen LogP contribution in [0.1, 0.15) is 13.8 Å². The molecule has 0 aliphatic heterocycles. The fourth-order valence-corrected chi connectivity index (χ4v) is 0. The van der Waals surface area contributed by atoms with Crippen molar-refractivity contribution in [2.45, 2.75) is 19.1 Å². The predicted octanol–water partition coefficient (Wildman–Crippen LogP) is 0.408. The summed E-state index contributed by atoms with van der Waals surface area (Å²) >= 11 is 2.02. The second-order valence-corrected chi connectivity index (χ2v) is 4.11. The molecule has 0 aliphatic rings. The van der Waals surface area contributed by atoms with Gasteiger partial charge in [-0.25, -0.2) is 0 Å². The zero-order valence-electron chi connectivity index (χ0n) is 3.99. The van der Waals surface area contributed by atoms with Crippen molar-refractivity contribution in [1.29, 1.82) is 0 Å². The van der Waals surface area contributed by atoms with Crippen molar-refractivity contribution in [3.05, 3.63) is 0 Å². The van der Waals surface area contributed by atoms with Gasteiger partial charge in [-0.05, 0) is 5.25 Å². The molecule has 0 fully saturated rings. The van der Waals surface area contributed by atoms with Crippen LogP contribution in [0.15, 0.2) is 0 Å². The normalized spacial score (nSPS) is 10.2.